The first-order valence-electron chi connectivity index (χ1n) is 9.88. The molecular formula is C24H18Cl2N2O3S. The summed E-state index contributed by atoms with van der Waals surface area (Å²) in [7, 11) is 0. The summed E-state index contributed by atoms with van der Waals surface area (Å²) in [6, 6.07) is 19.1. The number of rotatable bonds is 7. The van der Waals surface area contributed by atoms with Crippen LogP contribution in [0.3, 0.4) is 0 Å². The van der Waals surface area contributed by atoms with Gasteiger partial charge in [0.25, 0.3) is 17.7 Å². The van der Waals surface area contributed by atoms with E-state index >= 15 is 0 Å². The molecule has 162 valence electrons. The van der Waals surface area contributed by atoms with Crippen molar-refractivity contribution in [1.29, 1.82) is 0 Å². The van der Waals surface area contributed by atoms with Gasteiger partial charge in [-0.2, -0.15) is 0 Å². The highest BCUT2D eigenvalue weighted by Gasteiger charge is 2.34. The van der Waals surface area contributed by atoms with Crippen LogP contribution in [0.4, 0.5) is 5.69 Å². The topological polar surface area (TPSA) is 66.5 Å². The quantitative estimate of drug-likeness (QED) is 0.252. The Labute approximate surface area is 199 Å². The molecule has 1 heterocycles. The van der Waals surface area contributed by atoms with E-state index in [2.05, 4.69) is 5.32 Å². The molecule has 32 heavy (non-hydrogen) atoms. The van der Waals surface area contributed by atoms with Crippen molar-refractivity contribution in [3.63, 3.8) is 0 Å². The summed E-state index contributed by atoms with van der Waals surface area (Å²) in [5, 5.41) is 3.57. The Morgan fingerprint density at radius 2 is 1.56 bits per heavy atom. The average molecular weight is 485 g/mol. The third kappa shape index (κ3) is 4.83. The Kier molecular flexibility index (Phi) is 6.84. The summed E-state index contributed by atoms with van der Waals surface area (Å²) < 4.78 is 0. The molecule has 1 aliphatic heterocycles. The van der Waals surface area contributed by atoms with Crippen LogP contribution in [0.1, 0.15) is 37.5 Å². The molecule has 1 aliphatic rings. The van der Waals surface area contributed by atoms with E-state index in [0.29, 0.717) is 45.4 Å². The van der Waals surface area contributed by atoms with Crippen molar-refractivity contribution in [1.82, 2.24) is 4.90 Å². The Bertz CT molecular complexity index is 1160. The predicted octanol–water partition coefficient (Wildman–Crippen LogP) is 6.02. The molecule has 0 fully saturated rings. The highest BCUT2D eigenvalue weighted by molar-refractivity contribution is 7.99. The van der Waals surface area contributed by atoms with Crippen LogP contribution in [-0.2, 0) is 0 Å². The number of carbonyl (C=O) groups is 3. The van der Waals surface area contributed by atoms with E-state index < -0.39 is 0 Å². The number of fused-ring (bicyclic) bond motifs is 1. The number of nitrogens with one attached hydrogen (secondary N) is 1. The van der Waals surface area contributed by atoms with Crippen LogP contribution < -0.4 is 5.32 Å². The largest absolute Gasteiger partial charge is 0.322 e. The van der Waals surface area contributed by atoms with Gasteiger partial charge in [0.2, 0.25) is 0 Å². The number of anilines is 1. The van der Waals surface area contributed by atoms with Gasteiger partial charge in [-0.15, -0.1) is 11.8 Å². The molecule has 0 bridgehead atoms. The minimum Gasteiger partial charge on any atom is -0.322 e. The smallest absolute Gasteiger partial charge is 0.261 e. The van der Waals surface area contributed by atoms with Gasteiger partial charge in [-0.3, -0.25) is 19.3 Å². The second kappa shape index (κ2) is 9.77. The summed E-state index contributed by atoms with van der Waals surface area (Å²) in [5.74, 6) is -0.0135. The lowest BCUT2D eigenvalue weighted by Gasteiger charge is -2.13. The van der Waals surface area contributed by atoms with Gasteiger partial charge >= 0.3 is 0 Å². The van der Waals surface area contributed by atoms with E-state index in [9.17, 15) is 14.4 Å². The molecule has 0 saturated heterocycles. The molecule has 1 N–H and O–H groups in total. The molecule has 0 radical (unpaired) electrons. The lowest BCUT2D eigenvalue weighted by atomic mass is 10.1. The Hall–Kier alpha value is -2.80. The van der Waals surface area contributed by atoms with E-state index in [0.717, 1.165) is 10.6 Å². The number of benzene rings is 3. The fourth-order valence-corrected chi connectivity index (χ4v) is 4.69. The SMILES string of the molecule is O=C(Nc1ccc(SCCCN2C(=O)c3ccccc3C2=O)cc1)c1ccc(Cl)cc1Cl. The predicted molar refractivity (Wildman–Crippen MR) is 128 cm³/mol. The minimum atomic E-state index is -0.312. The van der Waals surface area contributed by atoms with Crippen molar-refractivity contribution in [3.8, 4) is 0 Å². The maximum atomic E-state index is 12.4. The number of halogens is 2. The summed E-state index contributed by atoms with van der Waals surface area (Å²) in [4.78, 5) is 39.5. The zero-order chi connectivity index (χ0) is 22.7. The van der Waals surface area contributed by atoms with Gasteiger partial charge in [0.15, 0.2) is 0 Å². The lowest BCUT2D eigenvalue weighted by Crippen LogP contribution is -2.30. The molecule has 5 nitrogen and oxygen atoms in total. The van der Waals surface area contributed by atoms with E-state index in [1.807, 2.05) is 24.3 Å². The van der Waals surface area contributed by atoms with Crippen molar-refractivity contribution in [2.24, 2.45) is 0 Å². The third-order valence-electron chi connectivity index (χ3n) is 4.96. The van der Waals surface area contributed by atoms with Crippen LogP contribution in [0, 0.1) is 0 Å². The second-order valence-electron chi connectivity index (χ2n) is 7.11. The number of thioether (sulfide) groups is 1. The molecule has 0 aliphatic carbocycles. The van der Waals surface area contributed by atoms with Crippen LogP contribution in [0.15, 0.2) is 71.6 Å². The first kappa shape index (κ1) is 22.4. The number of carbonyl (C=O) groups excluding carboxylic acids is 3. The zero-order valence-corrected chi connectivity index (χ0v) is 19.1. The van der Waals surface area contributed by atoms with Crippen LogP contribution in [0.2, 0.25) is 10.0 Å². The fourth-order valence-electron chi connectivity index (χ4n) is 3.36. The van der Waals surface area contributed by atoms with Crippen molar-refractivity contribution in [2.45, 2.75) is 11.3 Å². The summed E-state index contributed by atoms with van der Waals surface area (Å²) in [6.07, 6.45) is 0.684. The van der Waals surface area contributed by atoms with Crippen LogP contribution in [0.5, 0.6) is 0 Å². The molecule has 0 spiro atoms. The van der Waals surface area contributed by atoms with Gasteiger partial charge in [0.05, 0.1) is 21.7 Å². The Morgan fingerprint density at radius 1 is 0.906 bits per heavy atom. The molecule has 0 atom stereocenters. The summed E-state index contributed by atoms with van der Waals surface area (Å²) in [6.45, 7) is 0.384. The number of hydrogen-bond donors (Lipinski definition) is 1. The first-order chi connectivity index (χ1) is 15.4. The molecule has 4 rings (SSSR count). The van der Waals surface area contributed by atoms with Crippen molar-refractivity contribution in [3.05, 3.63) is 93.5 Å². The Morgan fingerprint density at radius 3 is 2.19 bits per heavy atom. The third-order valence-corrected chi connectivity index (χ3v) is 6.61. The van der Waals surface area contributed by atoms with Gasteiger partial charge in [0, 0.05) is 22.2 Å². The number of hydrogen-bond acceptors (Lipinski definition) is 4. The van der Waals surface area contributed by atoms with Gasteiger partial charge in [0.1, 0.15) is 0 Å². The van der Waals surface area contributed by atoms with Crippen molar-refractivity contribution >= 4 is 58.4 Å². The van der Waals surface area contributed by atoms with Crippen LogP contribution in [-0.4, -0.2) is 34.9 Å². The van der Waals surface area contributed by atoms with Gasteiger partial charge in [-0.05, 0) is 66.8 Å². The highest BCUT2D eigenvalue weighted by Crippen LogP contribution is 2.26. The van der Waals surface area contributed by atoms with E-state index in [1.54, 1.807) is 48.2 Å². The molecule has 3 amide bonds. The molecule has 0 unspecified atom stereocenters. The normalized spacial score (nSPS) is 12.8. The highest BCUT2D eigenvalue weighted by atomic mass is 35.5. The summed E-state index contributed by atoms with van der Waals surface area (Å²) >= 11 is 13.6. The standard InChI is InChI=1S/C24H18Cl2N2O3S/c25-15-6-11-20(21(26)14-15)22(29)27-16-7-9-17(10-8-16)32-13-3-12-28-23(30)18-4-1-2-5-19(18)24(28)31/h1-2,4-11,14H,3,12-13H2,(H,27,29). The van der Waals surface area contributed by atoms with E-state index in [4.69, 9.17) is 23.2 Å². The molecular weight excluding hydrogens is 467 g/mol. The minimum absolute atomic E-state index is 0.225. The molecule has 0 aromatic heterocycles. The van der Waals surface area contributed by atoms with E-state index in [-0.39, 0.29) is 17.7 Å². The van der Waals surface area contributed by atoms with Crippen LogP contribution in [0.25, 0.3) is 0 Å². The molecule has 8 heteroatoms. The molecule has 0 saturated carbocycles. The zero-order valence-electron chi connectivity index (χ0n) is 16.8. The monoisotopic (exact) mass is 484 g/mol. The van der Waals surface area contributed by atoms with Gasteiger partial charge < -0.3 is 5.32 Å². The average Bonchev–Trinajstić information content (AvgIpc) is 3.02. The maximum Gasteiger partial charge on any atom is 0.261 e. The van der Waals surface area contributed by atoms with Gasteiger partial charge in [-0.1, -0.05) is 35.3 Å². The molecule has 3 aromatic rings. The van der Waals surface area contributed by atoms with Crippen molar-refractivity contribution < 1.29 is 14.4 Å². The van der Waals surface area contributed by atoms with E-state index in [1.165, 1.54) is 11.0 Å². The number of imide groups is 1. The van der Waals surface area contributed by atoms with Gasteiger partial charge in [-0.25, -0.2) is 0 Å². The first-order valence-corrected chi connectivity index (χ1v) is 11.6. The van der Waals surface area contributed by atoms with Crippen molar-refractivity contribution in [2.75, 3.05) is 17.6 Å². The number of amides is 3. The lowest BCUT2D eigenvalue weighted by molar-refractivity contribution is 0.0654. The number of nitrogens with zero attached hydrogens (tertiary/aromatic N) is 1. The molecule has 3 aromatic carbocycles. The second-order valence-corrected chi connectivity index (χ2v) is 9.12. The maximum absolute atomic E-state index is 12.4. The Balaban J connectivity index is 1.26. The van der Waals surface area contributed by atoms with Crippen LogP contribution >= 0.6 is 35.0 Å². The fraction of sp³-hybridized carbons (Fsp3) is 0.125. The summed E-state index contributed by atoms with van der Waals surface area (Å²) in [5.41, 5.74) is 1.95.